The van der Waals surface area contributed by atoms with E-state index in [1.54, 1.807) is 4.68 Å². The summed E-state index contributed by atoms with van der Waals surface area (Å²) in [6.45, 7) is -0.0649. The number of carbonyl (C=O) groups is 3. The van der Waals surface area contributed by atoms with Gasteiger partial charge in [0.15, 0.2) is 0 Å². The monoisotopic (exact) mass is 443 g/mol. The van der Waals surface area contributed by atoms with Crippen molar-refractivity contribution in [2.24, 2.45) is 0 Å². The molecule has 2 N–H and O–H groups in total. The maximum Gasteiger partial charge on any atom is 0.325 e. The second-order valence-corrected chi connectivity index (χ2v) is 8.54. The van der Waals surface area contributed by atoms with Crippen LogP contribution in [0.5, 0.6) is 0 Å². The van der Waals surface area contributed by atoms with Crippen molar-refractivity contribution in [1.82, 2.24) is 25.3 Å². The number of aromatic nitrogens is 2. The predicted octanol–water partition coefficient (Wildman–Crippen LogP) is 3.02. The Morgan fingerprint density at radius 1 is 1.00 bits per heavy atom. The fourth-order valence-electron chi connectivity index (χ4n) is 4.62. The highest BCUT2D eigenvalue weighted by Crippen LogP contribution is 2.34. The predicted molar refractivity (Wildman–Crippen MR) is 122 cm³/mol. The number of imide groups is 1. The van der Waals surface area contributed by atoms with E-state index in [-0.39, 0.29) is 24.9 Å². The van der Waals surface area contributed by atoms with Crippen molar-refractivity contribution in [2.75, 3.05) is 6.54 Å². The van der Waals surface area contributed by atoms with Crippen LogP contribution in [-0.4, -0.2) is 44.6 Å². The van der Waals surface area contributed by atoms with E-state index >= 15 is 0 Å². The lowest BCUT2D eigenvalue weighted by Crippen LogP contribution is -2.45. The molecule has 4 amide bonds. The van der Waals surface area contributed by atoms with E-state index in [2.05, 4.69) is 10.6 Å². The third kappa shape index (κ3) is 4.00. The Bertz CT molecular complexity index is 1180. The van der Waals surface area contributed by atoms with Gasteiger partial charge in [-0.2, -0.15) is 5.10 Å². The molecule has 1 aromatic heterocycles. The van der Waals surface area contributed by atoms with E-state index in [9.17, 15) is 14.4 Å². The minimum Gasteiger partial charge on any atom is -0.350 e. The molecule has 5 rings (SSSR count). The first-order valence-electron chi connectivity index (χ1n) is 11.2. The second-order valence-electron chi connectivity index (χ2n) is 8.54. The summed E-state index contributed by atoms with van der Waals surface area (Å²) in [6.07, 6.45) is 4.96. The summed E-state index contributed by atoms with van der Waals surface area (Å²) in [4.78, 5) is 38.9. The second kappa shape index (κ2) is 8.54. The van der Waals surface area contributed by atoms with E-state index in [1.807, 2.05) is 66.9 Å². The number of benzene rings is 2. The van der Waals surface area contributed by atoms with Crippen LogP contribution in [0.3, 0.4) is 0 Å². The number of rotatable bonds is 6. The maximum absolute atomic E-state index is 12.8. The molecule has 0 radical (unpaired) electrons. The third-order valence-corrected chi connectivity index (χ3v) is 6.34. The molecule has 1 saturated carbocycles. The number of nitrogens with one attached hydrogen (secondary N) is 2. The molecular formula is C25H25N5O3. The Hall–Kier alpha value is -3.94. The molecule has 1 saturated heterocycles. The number of urea groups is 1. The molecular weight excluding hydrogens is 418 g/mol. The Balaban J connectivity index is 1.32. The van der Waals surface area contributed by atoms with E-state index in [1.165, 1.54) is 0 Å². The molecule has 1 aliphatic heterocycles. The third-order valence-electron chi connectivity index (χ3n) is 6.34. The largest absolute Gasteiger partial charge is 0.350 e. The van der Waals surface area contributed by atoms with Gasteiger partial charge in [0.2, 0.25) is 5.91 Å². The van der Waals surface area contributed by atoms with Crippen molar-refractivity contribution in [2.45, 2.75) is 37.8 Å². The fourth-order valence-corrected chi connectivity index (χ4v) is 4.62. The van der Waals surface area contributed by atoms with Gasteiger partial charge in [-0.1, -0.05) is 61.4 Å². The lowest BCUT2D eigenvalue weighted by Gasteiger charge is -2.19. The van der Waals surface area contributed by atoms with Crippen molar-refractivity contribution >= 4 is 17.8 Å². The number of nitrogens with zero attached hydrogens (tertiary/aromatic N) is 3. The molecule has 33 heavy (non-hydrogen) atoms. The molecule has 2 aliphatic rings. The Morgan fingerprint density at radius 2 is 1.67 bits per heavy atom. The average molecular weight is 444 g/mol. The molecule has 3 aromatic rings. The first-order chi connectivity index (χ1) is 16.1. The number of amides is 4. The van der Waals surface area contributed by atoms with Gasteiger partial charge < -0.3 is 10.6 Å². The van der Waals surface area contributed by atoms with Crippen molar-refractivity contribution < 1.29 is 14.4 Å². The van der Waals surface area contributed by atoms with Crippen LogP contribution in [0.2, 0.25) is 0 Å². The summed E-state index contributed by atoms with van der Waals surface area (Å²) < 4.78 is 1.78. The van der Waals surface area contributed by atoms with E-state index in [0.717, 1.165) is 40.2 Å². The Morgan fingerprint density at radius 3 is 2.36 bits per heavy atom. The number of para-hydroxylation sites is 1. The highest BCUT2D eigenvalue weighted by molar-refractivity contribution is 6.09. The molecule has 0 atom stereocenters. The summed E-state index contributed by atoms with van der Waals surface area (Å²) in [5.74, 6) is -0.679. The maximum atomic E-state index is 12.8. The van der Waals surface area contributed by atoms with Crippen molar-refractivity contribution in [1.29, 1.82) is 0 Å². The van der Waals surface area contributed by atoms with E-state index in [4.69, 9.17) is 5.10 Å². The fraction of sp³-hybridized carbons (Fsp3) is 0.280. The van der Waals surface area contributed by atoms with Gasteiger partial charge in [-0.25, -0.2) is 9.48 Å². The Labute approximate surface area is 191 Å². The lowest BCUT2D eigenvalue weighted by molar-refractivity contribution is -0.134. The standard InChI is InChI=1S/C25H25N5O3/c31-21(17-29-23(32)25(27-24(29)33)13-7-8-14-25)26-15-19-16-30(20-11-5-2-6-12-20)28-22(19)18-9-3-1-4-10-18/h1-6,9-12,16H,7-8,13-15,17H2,(H,26,31)(H,27,33). The van der Waals surface area contributed by atoms with Crippen LogP contribution in [0.15, 0.2) is 66.9 Å². The molecule has 1 aliphatic carbocycles. The van der Waals surface area contributed by atoms with Crippen LogP contribution in [0, 0.1) is 0 Å². The first-order valence-corrected chi connectivity index (χ1v) is 11.2. The molecule has 168 valence electrons. The molecule has 1 spiro atoms. The van der Waals surface area contributed by atoms with Crippen LogP contribution in [0.25, 0.3) is 16.9 Å². The number of hydrogen-bond acceptors (Lipinski definition) is 4. The van der Waals surface area contributed by atoms with Gasteiger partial charge in [0.25, 0.3) is 5.91 Å². The smallest absolute Gasteiger partial charge is 0.325 e. The minimum absolute atomic E-state index is 0.227. The number of hydrogen-bond donors (Lipinski definition) is 2. The molecule has 8 nitrogen and oxygen atoms in total. The van der Waals surface area contributed by atoms with Gasteiger partial charge in [0, 0.05) is 23.9 Å². The lowest BCUT2D eigenvalue weighted by atomic mass is 9.98. The number of carbonyl (C=O) groups excluding carboxylic acids is 3. The summed E-state index contributed by atoms with van der Waals surface area (Å²) in [5.41, 5.74) is 2.64. The van der Waals surface area contributed by atoms with Crippen molar-refractivity contribution in [3.63, 3.8) is 0 Å². The van der Waals surface area contributed by atoms with Crippen LogP contribution in [-0.2, 0) is 16.1 Å². The summed E-state index contributed by atoms with van der Waals surface area (Å²) in [6, 6.07) is 19.0. The first kappa shape index (κ1) is 20.9. The van der Waals surface area contributed by atoms with E-state index in [0.29, 0.717) is 12.8 Å². The minimum atomic E-state index is -0.811. The zero-order valence-electron chi connectivity index (χ0n) is 18.2. The van der Waals surface area contributed by atoms with E-state index < -0.39 is 11.6 Å². The van der Waals surface area contributed by atoms with Gasteiger partial charge in [-0.3, -0.25) is 14.5 Å². The zero-order chi connectivity index (χ0) is 22.8. The van der Waals surface area contributed by atoms with Gasteiger partial charge in [0.1, 0.15) is 12.1 Å². The van der Waals surface area contributed by atoms with Crippen LogP contribution in [0.1, 0.15) is 31.2 Å². The van der Waals surface area contributed by atoms with Gasteiger partial charge in [-0.05, 0) is 25.0 Å². The van der Waals surface area contributed by atoms with Gasteiger partial charge in [0.05, 0.1) is 11.4 Å². The summed E-state index contributed by atoms with van der Waals surface area (Å²) in [5, 5.41) is 10.4. The molecule has 8 heteroatoms. The highest BCUT2D eigenvalue weighted by Gasteiger charge is 2.52. The SMILES string of the molecule is O=C(CN1C(=O)NC2(CCCC2)C1=O)NCc1cn(-c2ccccc2)nc1-c1ccccc1. The molecule has 0 bridgehead atoms. The quantitative estimate of drug-likeness (QED) is 0.573. The molecule has 2 heterocycles. The van der Waals surface area contributed by atoms with Crippen LogP contribution in [0.4, 0.5) is 4.79 Å². The highest BCUT2D eigenvalue weighted by atomic mass is 16.2. The van der Waals surface area contributed by atoms with Gasteiger partial charge >= 0.3 is 6.03 Å². The summed E-state index contributed by atoms with van der Waals surface area (Å²) >= 11 is 0. The Kier molecular flexibility index (Phi) is 5.42. The molecule has 0 unspecified atom stereocenters. The zero-order valence-corrected chi connectivity index (χ0v) is 18.2. The van der Waals surface area contributed by atoms with Gasteiger partial charge in [-0.15, -0.1) is 0 Å². The van der Waals surface area contributed by atoms with Crippen LogP contribution >= 0.6 is 0 Å². The topological polar surface area (TPSA) is 96.3 Å². The molecule has 2 aromatic carbocycles. The van der Waals surface area contributed by atoms with Crippen LogP contribution < -0.4 is 10.6 Å². The average Bonchev–Trinajstić information content (AvgIpc) is 3.54. The van der Waals surface area contributed by atoms with Crippen molar-refractivity contribution in [3.05, 3.63) is 72.4 Å². The normalized spacial score (nSPS) is 16.9. The van der Waals surface area contributed by atoms with Crippen molar-refractivity contribution in [3.8, 4) is 16.9 Å². The molecule has 2 fully saturated rings. The summed E-state index contributed by atoms with van der Waals surface area (Å²) in [7, 11) is 0.